The van der Waals surface area contributed by atoms with Crippen molar-refractivity contribution in [2.45, 2.75) is 20.0 Å². The molecule has 1 aromatic rings. The van der Waals surface area contributed by atoms with Crippen LogP contribution in [0.3, 0.4) is 0 Å². The number of esters is 1. The van der Waals surface area contributed by atoms with Crippen LogP contribution in [0, 0.1) is 11.8 Å². The molecule has 2 heteroatoms. The molecule has 1 heterocycles. The first-order valence-corrected chi connectivity index (χ1v) is 4.95. The quantitative estimate of drug-likeness (QED) is 0.670. The van der Waals surface area contributed by atoms with Gasteiger partial charge in [-0.15, -0.1) is 0 Å². The smallest absolute Gasteiger partial charge is 0.313 e. The molecule has 1 aliphatic rings. The van der Waals surface area contributed by atoms with Gasteiger partial charge in [-0.2, -0.15) is 0 Å². The Morgan fingerprint density at radius 1 is 1.21 bits per heavy atom. The maximum Gasteiger partial charge on any atom is 0.313 e. The molecule has 0 bridgehead atoms. The second-order valence-corrected chi connectivity index (χ2v) is 4.04. The minimum Gasteiger partial charge on any atom is -0.456 e. The van der Waals surface area contributed by atoms with Crippen LogP contribution in [-0.2, 0) is 9.53 Å². The Kier molecular flexibility index (Phi) is 2.28. The molecular formula is C12H14O2. The van der Waals surface area contributed by atoms with E-state index in [2.05, 4.69) is 13.8 Å². The Labute approximate surface area is 83.9 Å². The van der Waals surface area contributed by atoms with Gasteiger partial charge < -0.3 is 4.74 Å². The summed E-state index contributed by atoms with van der Waals surface area (Å²) in [7, 11) is 0. The number of ether oxygens (including phenoxy) is 1. The Hall–Kier alpha value is -1.31. The molecule has 2 atom stereocenters. The lowest BCUT2D eigenvalue weighted by atomic mass is 9.82. The molecule has 14 heavy (non-hydrogen) atoms. The van der Waals surface area contributed by atoms with Crippen molar-refractivity contribution in [2.75, 3.05) is 0 Å². The predicted octanol–water partition coefficient (Wildman–Crippen LogP) is 2.56. The zero-order chi connectivity index (χ0) is 10.1. The third-order valence-electron chi connectivity index (χ3n) is 2.69. The Morgan fingerprint density at radius 3 is 2.36 bits per heavy atom. The van der Waals surface area contributed by atoms with Crippen LogP contribution < -0.4 is 0 Å². The fraction of sp³-hybridized carbons (Fsp3) is 0.417. The van der Waals surface area contributed by atoms with Crippen LogP contribution in [0.1, 0.15) is 25.5 Å². The SMILES string of the molecule is CC(C)[C@H]1C(=O)O[C@@H]1c1ccccc1. The van der Waals surface area contributed by atoms with Crippen molar-refractivity contribution in [1.29, 1.82) is 0 Å². The zero-order valence-corrected chi connectivity index (χ0v) is 8.44. The van der Waals surface area contributed by atoms with Gasteiger partial charge >= 0.3 is 5.97 Å². The Bertz CT molecular complexity index is 329. The highest BCUT2D eigenvalue weighted by molar-refractivity contribution is 5.79. The molecule has 2 rings (SSSR count). The monoisotopic (exact) mass is 190 g/mol. The van der Waals surface area contributed by atoms with Gasteiger partial charge in [-0.25, -0.2) is 0 Å². The number of hydrogen-bond acceptors (Lipinski definition) is 2. The van der Waals surface area contributed by atoms with Gasteiger partial charge in [-0.3, -0.25) is 4.79 Å². The minimum atomic E-state index is -0.0612. The molecule has 0 N–H and O–H groups in total. The van der Waals surface area contributed by atoms with E-state index >= 15 is 0 Å². The highest BCUT2D eigenvalue weighted by atomic mass is 16.6. The molecule has 0 unspecified atom stereocenters. The van der Waals surface area contributed by atoms with Gasteiger partial charge in [0.1, 0.15) is 12.0 Å². The molecule has 74 valence electrons. The van der Waals surface area contributed by atoms with Crippen molar-refractivity contribution >= 4 is 5.97 Å². The summed E-state index contributed by atoms with van der Waals surface area (Å²) in [5, 5.41) is 0. The lowest BCUT2D eigenvalue weighted by molar-refractivity contribution is -0.190. The average Bonchev–Trinajstić information content (AvgIpc) is 2.14. The van der Waals surface area contributed by atoms with Crippen LogP contribution >= 0.6 is 0 Å². The van der Waals surface area contributed by atoms with Gasteiger partial charge in [0.15, 0.2) is 0 Å². The van der Waals surface area contributed by atoms with Crippen molar-refractivity contribution in [3.63, 3.8) is 0 Å². The standard InChI is InChI=1S/C12H14O2/c1-8(2)10-11(14-12(10)13)9-6-4-3-5-7-9/h3-8,10-11H,1-2H3/t10-,11-/m1/s1. The average molecular weight is 190 g/mol. The van der Waals surface area contributed by atoms with Crippen LogP contribution in [0.25, 0.3) is 0 Å². The molecule has 0 radical (unpaired) electrons. The molecule has 1 aromatic carbocycles. The van der Waals surface area contributed by atoms with Crippen LogP contribution in [-0.4, -0.2) is 5.97 Å². The molecule has 0 aromatic heterocycles. The third kappa shape index (κ3) is 1.41. The van der Waals surface area contributed by atoms with E-state index in [1.165, 1.54) is 0 Å². The number of hydrogen-bond donors (Lipinski definition) is 0. The molecule has 1 saturated heterocycles. The molecule has 0 amide bonds. The van der Waals surface area contributed by atoms with Crippen molar-refractivity contribution in [3.8, 4) is 0 Å². The maximum atomic E-state index is 11.2. The van der Waals surface area contributed by atoms with E-state index in [1.807, 2.05) is 30.3 Å². The first-order valence-electron chi connectivity index (χ1n) is 4.95. The van der Waals surface area contributed by atoms with Gasteiger partial charge in [0.2, 0.25) is 0 Å². The Morgan fingerprint density at radius 2 is 1.86 bits per heavy atom. The summed E-state index contributed by atoms with van der Waals surface area (Å²) in [4.78, 5) is 11.2. The largest absolute Gasteiger partial charge is 0.456 e. The normalized spacial score (nSPS) is 25.8. The van der Waals surface area contributed by atoms with Gasteiger partial charge in [0.05, 0.1) is 0 Å². The molecule has 0 spiro atoms. The third-order valence-corrected chi connectivity index (χ3v) is 2.69. The van der Waals surface area contributed by atoms with Crippen LogP contribution in [0.2, 0.25) is 0 Å². The van der Waals surface area contributed by atoms with Crippen molar-refractivity contribution < 1.29 is 9.53 Å². The highest BCUT2D eigenvalue weighted by Gasteiger charge is 2.44. The Balaban J connectivity index is 2.18. The van der Waals surface area contributed by atoms with Crippen molar-refractivity contribution in [1.82, 2.24) is 0 Å². The lowest BCUT2D eigenvalue weighted by Gasteiger charge is -2.37. The molecule has 2 nitrogen and oxygen atoms in total. The maximum absolute atomic E-state index is 11.2. The molecule has 1 aliphatic heterocycles. The van der Waals surface area contributed by atoms with E-state index in [1.54, 1.807) is 0 Å². The van der Waals surface area contributed by atoms with E-state index in [-0.39, 0.29) is 18.0 Å². The van der Waals surface area contributed by atoms with Crippen LogP contribution in [0.15, 0.2) is 30.3 Å². The van der Waals surface area contributed by atoms with E-state index in [0.717, 1.165) is 5.56 Å². The van der Waals surface area contributed by atoms with E-state index in [0.29, 0.717) is 5.92 Å². The van der Waals surface area contributed by atoms with Gasteiger partial charge in [0, 0.05) is 0 Å². The summed E-state index contributed by atoms with van der Waals surface area (Å²) in [6, 6.07) is 9.92. The number of carbonyl (C=O) groups excluding carboxylic acids is 1. The predicted molar refractivity (Wildman–Crippen MR) is 53.6 cm³/mol. The fourth-order valence-electron chi connectivity index (χ4n) is 1.87. The molecule has 0 aliphatic carbocycles. The summed E-state index contributed by atoms with van der Waals surface area (Å²) in [6.07, 6.45) is -0.0244. The minimum absolute atomic E-state index is 0.0244. The number of carbonyl (C=O) groups is 1. The molecular weight excluding hydrogens is 176 g/mol. The van der Waals surface area contributed by atoms with Crippen LogP contribution in [0.5, 0.6) is 0 Å². The zero-order valence-electron chi connectivity index (χ0n) is 8.44. The van der Waals surface area contributed by atoms with Crippen LogP contribution in [0.4, 0.5) is 0 Å². The van der Waals surface area contributed by atoms with Gasteiger partial charge in [-0.1, -0.05) is 44.2 Å². The number of cyclic esters (lactones) is 1. The summed E-state index contributed by atoms with van der Waals surface area (Å²) >= 11 is 0. The van der Waals surface area contributed by atoms with Crippen molar-refractivity contribution in [2.24, 2.45) is 11.8 Å². The molecule has 1 fully saturated rings. The molecule has 0 saturated carbocycles. The van der Waals surface area contributed by atoms with E-state index < -0.39 is 0 Å². The lowest BCUT2D eigenvalue weighted by Crippen LogP contribution is -2.41. The van der Waals surface area contributed by atoms with Gasteiger partial charge in [0.25, 0.3) is 0 Å². The summed E-state index contributed by atoms with van der Waals surface area (Å²) in [5.74, 6) is 0.327. The first kappa shape index (κ1) is 9.25. The second kappa shape index (κ2) is 3.45. The summed E-state index contributed by atoms with van der Waals surface area (Å²) in [6.45, 7) is 4.11. The van der Waals surface area contributed by atoms with Gasteiger partial charge in [-0.05, 0) is 11.5 Å². The summed E-state index contributed by atoms with van der Waals surface area (Å²) < 4.78 is 5.16. The first-order chi connectivity index (χ1) is 6.70. The number of rotatable bonds is 2. The summed E-state index contributed by atoms with van der Waals surface area (Å²) in [5.41, 5.74) is 1.10. The van der Waals surface area contributed by atoms with E-state index in [4.69, 9.17) is 4.74 Å². The fourth-order valence-corrected chi connectivity index (χ4v) is 1.87. The number of benzene rings is 1. The second-order valence-electron chi connectivity index (χ2n) is 4.04. The van der Waals surface area contributed by atoms with Crippen molar-refractivity contribution in [3.05, 3.63) is 35.9 Å². The highest BCUT2D eigenvalue weighted by Crippen LogP contribution is 2.40. The van der Waals surface area contributed by atoms with E-state index in [9.17, 15) is 4.79 Å². The topological polar surface area (TPSA) is 26.3 Å².